The van der Waals surface area contributed by atoms with E-state index in [1.165, 1.54) is 15.6 Å². The molecule has 3 heterocycles. The molecule has 0 spiro atoms. The summed E-state index contributed by atoms with van der Waals surface area (Å²) < 4.78 is 27.0. The van der Waals surface area contributed by atoms with Crippen LogP contribution in [0, 0.1) is 5.92 Å². The SMILES string of the molecule is O=C1C[C@H](C(=O)N2CCN(S(=O)(=O)c3cccs3)CC2)CN1Cc1ccccc1. The number of carbonyl (C=O) groups is 2. The molecule has 0 unspecified atom stereocenters. The summed E-state index contributed by atoms with van der Waals surface area (Å²) in [6, 6.07) is 13.0. The van der Waals surface area contributed by atoms with E-state index in [0.717, 1.165) is 5.56 Å². The fraction of sp³-hybridized carbons (Fsp3) is 0.400. The van der Waals surface area contributed by atoms with Crippen LogP contribution < -0.4 is 0 Å². The summed E-state index contributed by atoms with van der Waals surface area (Å²) in [6.07, 6.45) is 0.222. The van der Waals surface area contributed by atoms with E-state index < -0.39 is 10.0 Å². The van der Waals surface area contributed by atoms with Gasteiger partial charge in [0.2, 0.25) is 11.8 Å². The third-order valence-corrected chi connectivity index (χ3v) is 8.69. The Kier molecular flexibility index (Phi) is 5.71. The first-order valence-electron chi connectivity index (χ1n) is 9.59. The van der Waals surface area contributed by atoms with Gasteiger partial charge < -0.3 is 9.80 Å². The van der Waals surface area contributed by atoms with Gasteiger partial charge in [-0.2, -0.15) is 4.31 Å². The topological polar surface area (TPSA) is 78.0 Å². The zero-order chi connectivity index (χ0) is 20.4. The summed E-state index contributed by atoms with van der Waals surface area (Å²) >= 11 is 1.20. The molecule has 1 aromatic carbocycles. The summed E-state index contributed by atoms with van der Waals surface area (Å²) in [7, 11) is -3.49. The maximum Gasteiger partial charge on any atom is 0.252 e. The summed E-state index contributed by atoms with van der Waals surface area (Å²) in [5.74, 6) is -0.417. The van der Waals surface area contributed by atoms with E-state index in [4.69, 9.17) is 0 Å². The molecule has 2 amide bonds. The molecule has 0 N–H and O–H groups in total. The summed E-state index contributed by atoms with van der Waals surface area (Å²) in [5, 5.41) is 1.74. The number of hydrogen-bond donors (Lipinski definition) is 0. The predicted octanol–water partition coefficient (Wildman–Crippen LogP) is 1.63. The van der Waals surface area contributed by atoms with Gasteiger partial charge in [-0.3, -0.25) is 9.59 Å². The van der Waals surface area contributed by atoms with E-state index >= 15 is 0 Å². The normalized spacial score (nSPS) is 21.0. The monoisotopic (exact) mass is 433 g/mol. The smallest absolute Gasteiger partial charge is 0.252 e. The van der Waals surface area contributed by atoms with Crippen molar-refractivity contribution in [2.24, 2.45) is 5.92 Å². The molecule has 7 nitrogen and oxygen atoms in total. The molecule has 1 atom stereocenters. The molecule has 4 rings (SSSR count). The van der Waals surface area contributed by atoms with Crippen LogP contribution in [0.1, 0.15) is 12.0 Å². The van der Waals surface area contributed by atoms with E-state index in [9.17, 15) is 18.0 Å². The van der Waals surface area contributed by atoms with Gasteiger partial charge in [0.05, 0.1) is 5.92 Å². The Morgan fingerprint density at radius 2 is 1.76 bits per heavy atom. The second-order valence-electron chi connectivity index (χ2n) is 7.32. The highest BCUT2D eigenvalue weighted by atomic mass is 32.2. The second kappa shape index (κ2) is 8.25. The lowest BCUT2D eigenvalue weighted by Crippen LogP contribution is -2.52. The number of thiophene rings is 1. The van der Waals surface area contributed by atoms with Gasteiger partial charge in [-0.25, -0.2) is 8.42 Å². The van der Waals surface area contributed by atoms with Gasteiger partial charge in [0.25, 0.3) is 10.0 Å². The van der Waals surface area contributed by atoms with Gasteiger partial charge in [-0.05, 0) is 17.0 Å². The average molecular weight is 434 g/mol. The molecule has 2 aliphatic heterocycles. The van der Waals surface area contributed by atoms with Crippen LogP contribution in [0.15, 0.2) is 52.1 Å². The first-order chi connectivity index (χ1) is 13.9. The molecule has 2 fully saturated rings. The quantitative estimate of drug-likeness (QED) is 0.718. The Bertz CT molecular complexity index is 968. The maximum atomic E-state index is 12.9. The van der Waals surface area contributed by atoms with Crippen molar-refractivity contribution in [1.82, 2.24) is 14.1 Å². The van der Waals surface area contributed by atoms with Crippen molar-refractivity contribution in [3.63, 3.8) is 0 Å². The number of sulfonamides is 1. The standard InChI is InChI=1S/C20H23N3O4S2/c24-18-13-17(15-22(18)14-16-5-2-1-3-6-16)20(25)21-8-10-23(11-9-21)29(26,27)19-7-4-12-28-19/h1-7,12,17H,8-11,13-15H2/t17-/m0/s1. The number of likely N-dealkylation sites (tertiary alicyclic amines) is 1. The van der Waals surface area contributed by atoms with Crippen LogP contribution >= 0.6 is 11.3 Å². The lowest BCUT2D eigenvalue weighted by Gasteiger charge is -2.34. The van der Waals surface area contributed by atoms with Crippen molar-refractivity contribution in [3.05, 3.63) is 53.4 Å². The molecule has 29 heavy (non-hydrogen) atoms. The summed E-state index contributed by atoms with van der Waals surface area (Å²) in [6.45, 7) is 2.19. The number of hydrogen-bond acceptors (Lipinski definition) is 5. The minimum atomic E-state index is -3.49. The minimum Gasteiger partial charge on any atom is -0.340 e. The highest BCUT2D eigenvalue weighted by Gasteiger charge is 2.38. The fourth-order valence-corrected chi connectivity index (χ4v) is 6.41. The van der Waals surface area contributed by atoms with E-state index in [1.54, 1.807) is 27.3 Å². The third-order valence-electron chi connectivity index (χ3n) is 5.42. The molecular formula is C20H23N3O4S2. The van der Waals surface area contributed by atoms with Crippen LogP contribution in [0.3, 0.4) is 0 Å². The first-order valence-corrected chi connectivity index (χ1v) is 11.9. The van der Waals surface area contributed by atoms with Crippen LogP contribution in [0.5, 0.6) is 0 Å². The van der Waals surface area contributed by atoms with Crippen LogP contribution in [-0.2, 0) is 26.2 Å². The molecule has 1 aromatic heterocycles. The van der Waals surface area contributed by atoms with Crippen molar-refractivity contribution in [3.8, 4) is 0 Å². The van der Waals surface area contributed by atoms with Crippen LogP contribution in [0.25, 0.3) is 0 Å². The third kappa shape index (κ3) is 4.22. The Morgan fingerprint density at radius 1 is 1.03 bits per heavy atom. The second-order valence-corrected chi connectivity index (χ2v) is 10.4. The van der Waals surface area contributed by atoms with Gasteiger partial charge in [-0.1, -0.05) is 36.4 Å². The molecule has 0 aliphatic carbocycles. The van der Waals surface area contributed by atoms with Crippen molar-refractivity contribution < 1.29 is 18.0 Å². The van der Waals surface area contributed by atoms with Gasteiger partial charge in [-0.15, -0.1) is 11.3 Å². The molecule has 0 bridgehead atoms. The number of nitrogens with zero attached hydrogens (tertiary/aromatic N) is 3. The highest BCUT2D eigenvalue weighted by molar-refractivity contribution is 7.91. The van der Waals surface area contributed by atoms with Gasteiger partial charge in [0.15, 0.2) is 0 Å². The fourth-order valence-electron chi connectivity index (χ4n) is 3.84. The van der Waals surface area contributed by atoms with Crippen LogP contribution in [0.4, 0.5) is 0 Å². The molecular weight excluding hydrogens is 410 g/mol. The number of piperazine rings is 1. The van der Waals surface area contributed by atoms with Crippen molar-refractivity contribution in [2.45, 2.75) is 17.2 Å². The Hall–Kier alpha value is -2.23. The lowest BCUT2D eigenvalue weighted by molar-refractivity contribution is -0.137. The van der Waals surface area contributed by atoms with Gasteiger partial charge in [0, 0.05) is 45.7 Å². The minimum absolute atomic E-state index is 0.00823. The first kappa shape index (κ1) is 20.1. The largest absolute Gasteiger partial charge is 0.340 e. The maximum absolute atomic E-state index is 12.9. The lowest BCUT2D eigenvalue weighted by atomic mass is 10.1. The van der Waals surface area contributed by atoms with Crippen molar-refractivity contribution in [2.75, 3.05) is 32.7 Å². The van der Waals surface area contributed by atoms with Crippen LogP contribution in [0.2, 0.25) is 0 Å². The molecule has 0 radical (unpaired) electrons. The average Bonchev–Trinajstić information content (AvgIpc) is 3.39. The van der Waals surface area contributed by atoms with Gasteiger partial charge in [0.1, 0.15) is 4.21 Å². The molecule has 2 saturated heterocycles. The van der Waals surface area contributed by atoms with E-state index in [2.05, 4.69) is 0 Å². The Morgan fingerprint density at radius 3 is 2.41 bits per heavy atom. The van der Waals surface area contributed by atoms with E-state index in [-0.39, 0.29) is 37.2 Å². The molecule has 9 heteroatoms. The van der Waals surface area contributed by atoms with Crippen molar-refractivity contribution in [1.29, 1.82) is 0 Å². The van der Waals surface area contributed by atoms with Crippen LogP contribution in [-0.4, -0.2) is 67.1 Å². The van der Waals surface area contributed by atoms with E-state index in [0.29, 0.717) is 30.4 Å². The summed E-state index contributed by atoms with van der Waals surface area (Å²) in [5.41, 5.74) is 1.04. The Balaban J connectivity index is 1.34. The molecule has 0 saturated carbocycles. The zero-order valence-corrected chi connectivity index (χ0v) is 17.6. The molecule has 2 aromatic rings. The van der Waals surface area contributed by atoms with Gasteiger partial charge >= 0.3 is 0 Å². The summed E-state index contributed by atoms with van der Waals surface area (Å²) in [4.78, 5) is 28.7. The number of rotatable bonds is 5. The van der Waals surface area contributed by atoms with E-state index in [1.807, 2.05) is 30.3 Å². The van der Waals surface area contributed by atoms with Crippen molar-refractivity contribution >= 4 is 33.2 Å². The predicted molar refractivity (Wildman–Crippen MR) is 110 cm³/mol. The zero-order valence-electron chi connectivity index (χ0n) is 15.9. The number of amides is 2. The molecule has 2 aliphatic rings. The number of carbonyl (C=O) groups excluding carboxylic acids is 2. The highest BCUT2D eigenvalue weighted by Crippen LogP contribution is 2.25. The Labute approximate surface area is 174 Å². The molecule has 154 valence electrons. The number of benzene rings is 1.